The topological polar surface area (TPSA) is 26.0 Å². The third-order valence-electron chi connectivity index (χ3n) is 5.18. The molecule has 1 aromatic rings. The predicted octanol–water partition coefficient (Wildman–Crippen LogP) is 5.86. The van der Waals surface area contributed by atoms with Crippen LogP contribution in [-0.4, -0.2) is 6.54 Å². The van der Waals surface area contributed by atoms with Crippen LogP contribution in [0.25, 0.3) is 0 Å². The van der Waals surface area contributed by atoms with Crippen LogP contribution >= 0.6 is 23.2 Å². The van der Waals surface area contributed by atoms with E-state index in [0.717, 1.165) is 34.5 Å². The molecule has 1 aromatic carbocycles. The molecule has 0 bridgehead atoms. The maximum atomic E-state index is 6.34. The predicted molar refractivity (Wildman–Crippen MR) is 93.1 cm³/mol. The van der Waals surface area contributed by atoms with E-state index in [0.29, 0.717) is 0 Å². The van der Waals surface area contributed by atoms with Crippen LogP contribution in [-0.2, 0) is 6.42 Å². The van der Waals surface area contributed by atoms with E-state index in [9.17, 15) is 0 Å². The second kappa shape index (κ2) is 7.85. The third kappa shape index (κ3) is 4.37. The average molecular weight is 328 g/mol. The van der Waals surface area contributed by atoms with Crippen LogP contribution in [0.15, 0.2) is 18.2 Å². The monoisotopic (exact) mass is 327 g/mol. The fraction of sp³-hybridized carbons (Fsp3) is 0.667. The lowest BCUT2D eigenvalue weighted by atomic mass is 9.66. The normalized spacial score (nSPS) is 26.0. The maximum Gasteiger partial charge on any atom is 0.0453 e. The van der Waals surface area contributed by atoms with Gasteiger partial charge in [-0.3, -0.25) is 0 Å². The first kappa shape index (κ1) is 17.1. The Bertz CT molecular complexity index is 430. The van der Waals surface area contributed by atoms with Crippen LogP contribution in [0.3, 0.4) is 0 Å². The first-order valence-corrected chi connectivity index (χ1v) is 8.99. The lowest BCUT2D eigenvalue weighted by Crippen LogP contribution is -2.37. The summed E-state index contributed by atoms with van der Waals surface area (Å²) in [6.45, 7) is 3.00. The molecule has 0 aliphatic heterocycles. The Morgan fingerprint density at radius 2 is 1.81 bits per heavy atom. The van der Waals surface area contributed by atoms with E-state index in [4.69, 9.17) is 28.9 Å². The van der Waals surface area contributed by atoms with E-state index in [1.165, 1.54) is 44.9 Å². The molecule has 3 heteroatoms. The molecule has 1 fully saturated rings. The fourth-order valence-corrected chi connectivity index (χ4v) is 4.13. The van der Waals surface area contributed by atoms with Crippen LogP contribution < -0.4 is 5.73 Å². The van der Waals surface area contributed by atoms with Gasteiger partial charge >= 0.3 is 0 Å². The van der Waals surface area contributed by atoms with Gasteiger partial charge in [-0.1, -0.05) is 55.5 Å². The van der Waals surface area contributed by atoms with Gasteiger partial charge in [-0.2, -0.15) is 0 Å². The zero-order chi connectivity index (χ0) is 15.3. The fourth-order valence-electron chi connectivity index (χ4n) is 3.60. The Morgan fingerprint density at radius 3 is 2.33 bits per heavy atom. The average Bonchev–Trinajstić information content (AvgIpc) is 2.50. The van der Waals surface area contributed by atoms with Gasteiger partial charge in [0.15, 0.2) is 0 Å². The van der Waals surface area contributed by atoms with Crippen molar-refractivity contribution < 1.29 is 0 Å². The van der Waals surface area contributed by atoms with Crippen molar-refractivity contribution in [1.29, 1.82) is 0 Å². The van der Waals surface area contributed by atoms with Gasteiger partial charge in [0.25, 0.3) is 0 Å². The third-order valence-corrected chi connectivity index (χ3v) is 5.89. The Balaban J connectivity index is 2.03. The molecule has 118 valence electrons. The number of nitrogens with two attached hydrogens (primary N) is 1. The Morgan fingerprint density at radius 1 is 1.19 bits per heavy atom. The van der Waals surface area contributed by atoms with Crippen molar-refractivity contribution in [3.8, 4) is 0 Å². The maximum absolute atomic E-state index is 6.34. The zero-order valence-electron chi connectivity index (χ0n) is 13.0. The summed E-state index contributed by atoms with van der Waals surface area (Å²) < 4.78 is 0. The van der Waals surface area contributed by atoms with Crippen LogP contribution in [0, 0.1) is 11.3 Å². The minimum Gasteiger partial charge on any atom is -0.330 e. The summed E-state index contributed by atoms with van der Waals surface area (Å²) in [4.78, 5) is 0. The molecular formula is C18H27Cl2N. The van der Waals surface area contributed by atoms with Crippen LogP contribution in [0.1, 0.15) is 57.4 Å². The molecule has 2 rings (SSSR count). The number of hydrogen-bond acceptors (Lipinski definition) is 1. The second-order valence-corrected chi connectivity index (χ2v) is 7.48. The largest absolute Gasteiger partial charge is 0.330 e. The van der Waals surface area contributed by atoms with Crippen molar-refractivity contribution in [2.75, 3.05) is 6.54 Å². The highest BCUT2D eigenvalue weighted by Crippen LogP contribution is 2.44. The van der Waals surface area contributed by atoms with Gasteiger partial charge in [-0.15, -0.1) is 0 Å². The number of unbranched alkanes of at least 4 members (excludes halogenated alkanes) is 1. The van der Waals surface area contributed by atoms with Gasteiger partial charge in [0.2, 0.25) is 0 Å². The number of rotatable bonds is 6. The minimum atomic E-state index is 0.192. The van der Waals surface area contributed by atoms with E-state index in [1.807, 2.05) is 18.2 Å². The molecule has 0 aromatic heterocycles. The molecule has 0 unspecified atom stereocenters. The number of benzene rings is 1. The number of hydrogen-bond donors (Lipinski definition) is 1. The van der Waals surface area contributed by atoms with E-state index in [2.05, 4.69) is 6.92 Å². The lowest BCUT2D eigenvalue weighted by Gasteiger charge is -2.40. The molecule has 1 saturated carbocycles. The molecule has 1 aliphatic rings. The summed E-state index contributed by atoms with van der Waals surface area (Å²) in [5.74, 6) is 0.895. The lowest BCUT2D eigenvalue weighted by molar-refractivity contribution is 0.150. The summed E-state index contributed by atoms with van der Waals surface area (Å²) >= 11 is 12.7. The van der Waals surface area contributed by atoms with E-state index >= 15 is 0 Å². The molecule has 2 N–H and O–H groups in total. The van der Waals surface area contributed by atoms with Crippen molar-refractivity contribution >= 4 is 23.2 Å². The zero-order valence-corrected chi connectivity index (χ0v) is 14.5. The SMILES string of the molecule is CCCCC1CCC(CN)(Cc2c(Cl)cccc2Cl)CC1. The highest BCUT2D eigenvalue weighted by molar-refractivity contribution is 6.36. The van der Waals surface area contributed by atoms with E-state index < -0.39 is 0 Å². The molecular weight excluding hydrogens is 301 g/mol. The van der Waals surface area contributed by atoms with Crippen LogP contribution in [0.2, 0.25) is 10.0 Å². The van der Waals surface area contributed by atoms with Crippen molar-refractivity contribution in [2.24, 2.45) is 17.1 Å². The molecule has 0 radical (unpaired) electrons. The van der Waals surface area contributed by atoms with Crippen molar-refractivity contribution in [3.05, 3.63) is 33.8 Å². The summed E-state index contributed by atoms with van der Waals surface area (Å²) in [6, 6.07) is 5.77. The van der Waals surface area contributed by atoms with Crippen LogP contribution in [0.4, 0.5) is 0 Å². The van der Waals surface area contributed by atoms with Gasteiger partial charge in [0.05, 0.1) is 0 Å². The quantitative estimate of drug-likeness (QED) is 0.695. The van der Waals surface area contributed by atoms with Crippen molar-refractivity contribution in [1.82, 2.24) is 0 Å². The molecule has 0 heterocycles. The van der Waals surface area contributed by atoms with Gasteiger partial charge < -0.3 is 5.73 Å². The first-order valence-electron chi connectivity index (χ1n) is 8.23. The first-order chi connectivity index (χ1) is 10.1. The summed E-state index contributed by atoms with van der Waals surface area (Å²) in [5, 5.41) is 1.56. The highest BCUT2D eigenvalue weighted by Gasteiger charge is 2.35. The highest BCUT2D eigenvalue weighted by atomic mass is 35.5. The smallest absolute Gasteiger partial charge is 0.0453 e. The van der Waals surface area contributed by atoms with E-state index in [-0.39, 0.29) is 5.41 Å². The van der Waals surface area contributed by atoms with Gasteiger partial charge in [-0.05, 0) is 67.7 Å². The second-order valence-electron chi connectivity index (χ2n) is 6.67. The van der Waals surface area contributed by atoms with Crippen molar-refractivity contribution in [2.45, 2.75) is 58.3 Å². The van der Waals surface area contributed by atoms with E-state index in [1.54, 1.807) is 0 Å². The molecule has 0 saturated heterocycles. The molecule has 0 amide bonds. The minimum absolute atomic E-state index is 0.192. The summed E-state index contributed by atoms with van der Waals surface area (Å²) in [5.41, 5.74) is 7.42. The summed E-state index contributed by atoms with van der Waals surface area (Å²) in [7, 11) is 0. The Kier molecular flexibility index (Phi) is 6.40. The Labute approximate surface area is 139 Å². The van der Waals surface area contributed by atoms with Gasteiger partial charge in [0.1, 0.15) is 0 Å². The van der Waals surface area contributed by atoms with Gasteiger partial charge in [-0.25, -0.2) is 0 Å². The molecule has 0 spiro atoms. The molecule has 21 heavy (non-hydrogen) atoms. The van der Waals surface area contributed by atoms with Crippen molar-refractivity contribution in [3.63, 3.8) is 0 Å². The standard InChI is InChI=1S/C18H27Cl2N/c1-2-3-5-14-8-10-18(13-21,11-9-14)12-15-16(19)6-4-7-17(15)20/h4,6-7,14H,2-3,5,8-13,21H2,1H3. The molecule has 0 atom stereocenters. The number of halogens is 2. The van der Waals surface area contributed by atoms with Gasteiger partial charge in [0, 0.05) is 10.0 Å². The molecule has 1 nitrogen and oxygen atoms in total. The summed E-state index contributed by atoms with van der Waals surface area (Å²) in [6.07, 6.45) is 9.98. The Hall–Kier alpha value is -0.240. The molecule has 1 aliphatic carbocycles. The van der Waals surface area contributed by atoms with Crippen LogP contribution in [0.5, 0.6) is 0 Å².